The van der Waals surface area contributed by atoms with E-state index in [9.17, 15) is 4.79 Å². The molecule has 116 valence electrons. The summed E-state index contributed by atoms with van der Waals surface area (Å²) in [6.45, 7) is 2.01. The van der Waals surface area contributed by atoms with Gasteiger partial charge < -0.3 is 9.73 Å². The van der Waals surface area contributed by atoms with E-state index < -0.39 is 0 Å². The summed E-state index contributed by atoms with van der Waals surface area (Å²) < 4.78 is 5.67. The molecular formula is C17H21N3O2. The molecule has 1 saturated carbocycles. The quantitative estimate of drug-likeness (QED) is 0.921. The number of aromatic nitrogens is 2. The third-order valence-corrected chi connectivity index (χ3v) is 4.13. The smallest absolute Gasteiger partial charge is 0.247 e. The van der Waals surface area contributed by atoms with Crippen molar-refractivity contribution in [3.8, 4) is 11.5 Å². The summed E-state index contributed by atoms with van der Waals surface area (Å²) >= 11 is 0. The van der Waals surface area contributed by atoms with Gasteiger partial charge in [-0.25, -0.2) is 0 Å². The van der Waals surface area contributed by atoms with E-state index in [4.69, 9.17) is 4.42 Å². The molecule has 1 fully saturated rings. The lowest BCUT2D eigenvalue weighted by molar-refractivity contribution is -0.121. The SMILES string of the molecule is Cc1ccccc1-c1nnc(CCC(=O)NC2CCCC2)o1. The van der Waals surface area contributed by atoms with Crippen LogP contribution in [0.1, 0.15) is 43.6 Å². The standard InChI is InChI=1S/C17H21N3O2/c1-12-6-2-5-9-14(12)17-20-19-16(22-17)11-10-15(21)18-13-7-3-4-8-13/h2,5-6,9,13H,3-4,7-8,10-11H2,1H3,(H,18,21). The predicted molar refractivity (Wildman–Crippen MR) is 83.2 cm³/mol. The second-order valence-corrected chi connectivity index (χ2v) is 5.86. The minimum absolute atomic E-state index is 0.0718. The van der Waals surface area contributed by atoms with Gasteiger partial charge in [-0.1, -0.05) is 31.0 Å². The van der Waals surface area contributed by atoms with Gasteiger partial charge in [0.2, 0.25) is 17.7 Å². The van der Waals surface area contributed by atoms with Crippen molar-refractivity contribution in [3.63, 3.8) is 0 Å². The fourth-order valence-corrected chi connectivity index (χ4v) is 2.87. The third kappa shape index (κ3) is 3.53. The van der Waals surface area contributed by atoms with Crippen LogP contribution in [0.5, 0.6) is 0 Å². The Balaban J connectivity index is 1.55. The van der Waals surface area contributed by atoms with Crippen LogP contribution in [-0.2, 0) is 11.2 Å². The van der Waals surface area contributed by atoms with Gasteiger partial charge in [0.15, 0.2) is 0 Å². The van der Waals surface area contributed by atoms with Crippen molar-refractivity contribution < 1.29 is 9.21 Å². The third-order valence-electron chi connectivity index (χ3n) is 4.13. The molecule has 0 aliphatic heterocycles. The summed E-state index contributed by atoms with van der Waals surface area (Å²) in [6, 6.07) is 8.25. The Morgan fingerprint density at radius 3 is 2.82 bits per heavy atom. The van der Waals surface area contributed by atoms with E-state index in [2.05, 4.69) is 15.5 Å². The molecule has 0 bridgehead atoms. The molecule has 0 spiro atoms. The number of benzene rings is 1. The number of nitrogens with zero attached hydrogens (tertiary/aromatic N) is 2. The van der Waals surface area contributed by atoms with E-state index in [1.54, 1.807) is 0 Å². The van der Waals surface area contributed by atoms with Crippen molar-refractivity contribution in [1.29, 1.82) is 0 Å². The lowest BCUT2D eigenvalue weighted by Crippen LogP contribution is -2.32. The highest BCUT2D eigenvalue weighted by Crippen LogP contribution is 2.22. The van der Waals surface area contributed by atoms with Crippen LogP contribution in [0, 0.1) is 6.92 Å². The summed E-state index contributed by atoms with van der Waals surface area (Å²) in [5.74, 6) is 1.10. The molecule has 1 aliphatic carbocycles. The van der Waals surface area contributed by atoms with Gasteiger partial charge in [-0.15, -0.1) is 10.2 Å². The molecule has 0 radical (unpaired) electrons. The van der Waals surface area contributed by atoms with Gasteiger partial charge in [0.05, 0.1) is 0 Å². The molecule has 1 aliphatic rings. The van der Waals surface area contributed by atoms with Crippen LogP contribution in [0.25, 0.3) is 11.5 Å². The molecule has 0 saturated heterocycles. The van der Waals surface area contributed by atoms with Crippen molar-refractivity contribution in [2.75, 3.05) is 0 Å². The number of rotatable bonds is 5. The van der Waals surface area contributed by atoms with E-state index in [-0.39, 0.29) is 5.91 Å². The summed E-state index contributed by atoms with van der Waals surface area (Å²) in [7, 11) is 0. The summed E-state index contributed by atoms with van der Waals surface area (Å²) in [6.07, 6.45) is 5.51. The van der Waals surface area contributed by atoms with Crippen LogP contribution in [0.3, 0.4) is 0 Å². The highest BCUT2D eigenvalue weighted by Gasteiger charge is 2.17. The van der Waals surface area contributed by atoms with Crippen LogP contribution < -0.4 is 5.32 Å². The van der Waals surface area contributed by atoms with Crippen LogP contribution in [0.15, 0.2) is 28.7 Å². The van der Waals surface area contributed by atoms with Gasteiger partial charge in [0.25, 0.3) is 0 Å². The normalized spacial score (nSPS) is 15.1. The molecule has 5 nitrogen and oxygen atoms in total. The molecule has 1 aromatic carbocycles. The molecular weight excluding hydrogens is 278 g/mol. The van der Waals surface area contributed by atoms with Crippen LogP contribution in [-0.4, -0.2) is 22.1 Å². The number of amides is 1. The number of carbonyl (C=O) groups excluding carboxylic acids is 1. The number of hydrogen-bond donors (Lipinski definition) is 1. The molecule has 22 heavy (non-hydrogen) atoms. The number of nitrogens with one attached hydrogen (secondary N) is 1. The summed E-state index contributed by atoms with van der Waals surface area (Å²) in [5.41, 5.74) is 2.04. The number of carbonyl (C=O) groups is 1. The maximum absolute atomic E-state index is 11.9. The molecule has 2 aromatic rings. The fourth-order valence-electron chi connectivity index (χ4n) is 2.87. The van der Waals surface area contributed by atoms with Crippen LogP contribution in [0.4, 0.5) is 0 Å². The zero-order chi connectivity index (χ0) is 15.4. The zero-order valence-electron chi connectivity index (χ0n) is 12.8. The Morgan fingerprint density at radius 1 is 1.27 bits per heavy atom. The highest BCUT2D eigenvalue weighted by atomic mass is 16.4. The Hall–Kier alpha value is -2.17. The van der Waals surface area contributed by atoms with Crippen LogP contribution in [0.2, 0.25) is 0 Å². The van der Waals surface area contributed by atoms with Gasteiger partial charge >= 0.3 is 0 Å². The molecule has 3 rings (SSSR count). The molecule has 1 heterocycles. The van der Waals surface area contributed by atoms with Gasteiger partial charge in [0, 0.05) is 24.4 Å². The van der Waals surface area contributed by atoms with Crippen molar-refractivity contribution in [2.24, 2.45) is 0 Å². The maximum Gasteiger partial charge on any atom is 0.247 e. The fraction of sp³-hybridized carbons (Fsp3) is 0.471. The molecule has 1 amide bonds. The van der Waals surface area contributed by atoms with E-state index in [0.29, 0.717) is 30.7 Å². The lowest BCUT2D eigenvalue weighted by atomic mass is 10.1. The van der Waals surface area contributed by atoms with E-state index in [1.807, 2.05) is 31.2 Å². The van der Waals surface area contributed by atoms with Crippen molar-refractivity contribution in [3.05, 3.63) is 35.7 Å². The van der Waals surface area contributed by atoms with Crippen LogP contribution >= 0.6 is 0 Å². The van der Waals surface area contributed by atoms with Gasteiger partial charge in [-0.05, 0) is 31.4 Å². The predicted octanol–water partition coefficient (Wildman–Crippen LogP) is 3.04. The first-order valence-electron chi connectivity index (χ1n) is 7.90. The highest BCUT2D eigenvalue weighted by molar-refractivity contribution is 5.76. The van der Waals surface area contributed by atoms with E-state index in [1.165, 1.54) is 12.8 Å². The Kier molecular flexibility index (Phi) is 4.51. The summed E-state index contributed by atoms with van der Waals surface area (Å²) in [5, 5.41) is 11.2. The number of aryl methyl sites for hydroxylation is 2. The minimum atomic E-state index is 0.0718. The molecule has 1 N–H and O–H groups in total. The molecule has 0 atom stereocenters. The topological polar surface area (TPSA) is 68.0 Å². The molecule has 0 unspecified atom stereocenters. The minimum Gasteiger partial charge on any atom is -0.421 e. The monoisotopic (exact) mass is 299 g/mol. The van der Waals surface area contributed by atoms with Crippen molar-refractivity contribution in [1.82, 2.24) is 15.5 Å². The molecule has 1 aromatic heterocycles. The van der Waals surface area contributed by atoms with Crippen molar-refractivity contribution >= 4 is 5.91 Å². The average molecular weight is 299 g/mol. The Bertz CT molecular complexity index is 645. The van der Waals surface area contributed by atoms with Gasteiger partial charge in [-0.2, -0.15) is 0 Å². The van der Waals surface area contributed by atoms with E-state index in [0.717, 1.165) is 24.0 Å². The largest absolute Gasteiger partial charge is 0.421 e. The Morgan fingerprint density at radius 2 is 2.05 bits per heavy atom. The maximum atomic E-state index is 11.9. The second kappa shape index (κ2) is 6.73. The zero-order valence-corrected chi connectivity index (χ0v) is 12.8. The van der Waals surface area contributed by atoms with E-state index >= 15 is 0 Å². The Labute approximate surface area is 130 Å². The second-order valence-electron chi connectivity index (χ2n) is 5.86. The van der Waals surface area contributed by atoms with Crippen molar-refractivity contribution in [2.45, 2.75) is 51.5 Å². The first kappa shape index (κ1) is 14.8. The first-order chi connectivity index (χ1) is 10.7. The average Bonchev–Trinajstić information content (AvgIpc) is 3.17. The van der Waals surface area contributed by atoms with Gasteiger partial charge in [0.1, 0.15) is 0 Å². The molecule has 5 heteroatoms. The lowest BCUT2D eigenvalue weighted by Gasteiger charge is -2.10. The summed E-state index contributed by atoms with van der Waals surface area (Å²) in [4.78, 5) is 11.9. The first-order valence-corrected chi connectivity index (χ1v) is 7.90. The number of hydrogen-bond acceptors (Lipinski definition) is 4. The van der Waals surface area contributed by atoms with Gasteiger partial charge in [-0.3, -0.25) is 4.79 Å².